The number of aromatic amines is 1. The predicted octanol–water partition coefficient (Wildman–Crippen LogP) is 6.19. The summed E-state index contributed by atoms with van der Waals surface area (Å²) in [5, 5.41) is 15.8. The van der Waals surface area contributed by atoms with Crippen molar-refractivity contribution in [3.8, 4) is 11.3 Å². The molecule has 2 heterocycles. The molecule has 0 bridgehead atoms. The van der Waals surface area contributed by atoms with Gasteiger partial charge in [0.2, 0.25) is 0 Å². The van der Waals surface area contributed by atoms with Gasteiger partial charge in [-0.25, -0.2) is 0 Å². The Labute approximate surface area is 191 Å². The Hall–Kier alpha value is -2.51. The molecule has 6 nitrogen and oxygen atoms in total. The fourth-order valence-corrected chi connectivity index (χ4v) is 3.64. The van der Waals surface area contributed by atoms with E-state index in [-0.39, 0.29) is 11.6 Å². The van der Waals surface area contributed by atoms with Crippen LogP contribution in [-0.4, -0.2) is 25.9 Å². The van der Waals surface area contributed by atoms with Crippen molar-refractivity contribution in [2.75, 3.05) is 5.32 Å². The summed E-state index contributed by atoms with van der Waals surface area (Å²) in [6.07, 6.45) is 3.27. The van der Waals surface area contributed by atoms with Gasteiger partial charge < -0.3 is 5.32 Å². The lowest BCUT2D eigenvalue weighted by Crippen LogP contribution is -2.11. The van der Waals surface area contributed by atoms with Gasteiger partial charge in [-0.15, -0.1) is 0 Å². The Bertz CT molecular complexity index is 1230. The summed E-state index contributed by atoms with van der Waals surface area (Å²) in [6.45, 7) is 0.482. The summed E-state index contributed by atoms with van der Waals surface area (Å²) in [7, 11) is 0. The van der Waals surface area contributed by atoms with E-state index >= 15 is 0 Å². The normalized spacial score (nSPS) is 10.9. The molecule has 2 N–H and O–H groups in total. The van der Waals surface area contributed by atoms with Gasteiger partial charge >= 0.3 is 0 Å². The Morgan fingerprint density at radius 3 is 2.60 bits per heavy atom. The Morgan fingerprint density at radius 1 is 1.00 bits per heavy atom. The summed E-state index contributed by atoms with van der Waals surface area (Å²) in [5.74, 6) is -0.354. The highest BCUT2D eigenvalue weighted by Crippen LogP contribution is 2.29. The zero-order chi connectivity index (χ0) is 21.3. The number of anilines is 1. The SMILES string of the molecule is O=C(Nc1cnn(Cc2ccc(Cl)c(Cl)c2)c1)c1cc(-c2ccc(Cl)cc2Cl)n[nH]1. The van der Waals surface area contributed by atoms with Gasteiger partial charge in [0, 0.05) is 16.8 Å². The highest BCUT2D eigenvalue weighted by Gasteiger charge is 2.14. The molecule has 0 saturated heterocycles. The van der Waals surface area contributed by atoms with Gasteiger partial charge in [-0.2, -0.15) is 10.2 Å². The fraction of sp³-hybridized carbons (Fsp3) is 0.0500. The van der Waals surface area contributed by atoms with Crippen LogP contribution in [0.4, 0.5) is 5.69 Å². The van der Waals surface area contributed by atoms with E-state index in [1.807, 2.05) is 6.07 Å². The van der Waals surface area contributed by atoms with E-state index in [1.165, 1.54) is 0 Å². The van der Waals surface area contributed by atoms with Crippen molar-refractivity contribution in [2.24, 2.45) is 0 Å². The molecule has 2 aromatic carbocycles. The van der Waals surface area contributed by atoms with Crippen LogP contribution in [0.1, 0.15) is 16.1 Å². The second kappa shape index (κ2) is 8.70. The molecule has 0 radical (unpaired) electrons. The molecule has 4 rings (SSSR count). The molecule has 30 heavy (non-hydrogen) atoms. The van der Waals surface area contributed by atoms with Crippen molar-refractivity contribution in [2.45, 2.75) is 6.54 Å². The number of carbonyl (C=O) groups is 1. The Kier molecular flexibility index (Phi) is 6.01. The summed E-state index contributed by atoms with van der Waals surface area (Å²) < 4.78 is 1.68. The van der Waals surface area contributed by atoms with Gasteiger partial charge in [0.05, 0.1) is 39.2 Å². The molecule has 10 heteroatoms. The van der Waals surface area contributed by atoms with Crippen LogP contribution in [0.5, 0.6) is 0 Å². The van der Waals surface area contributed by atoms with Crippen molar-refractivity contribution in [3.05, 3.63) is 86.2 Å². The summed E-state index contributed by atoms with van der Waals surface area (Å²) in [4.78, 5) is 12.5. The first-order valence-corrected chi connectivity index (χ1v) is 10.2. The Morgan fingerprint density at radius 2 is 1.83 bits per heavy atom. The number of nitrogens with zero attached hydrogens (tertiary/aromatic N) is 3. The minimum atomic E-state index is -0.354. The van der Waals surface area contributed by atoms with E-state index in [9.17, 15) is 4.79 Å². The van der Waals surface area contributed by atoms with Crippen molar-refractivity contribution >= 4 is 58.0 Å². The van der Waals surface area contributed by atoms with E-state index < -0.39 is 0 Å². The molecule has 2 aromatic heterocycles. The number of aromatic nitrogens is 4. The smallest absolute Gasteiger partial charge is 0.273 e. The van der Waals surface area contributed by atoms with Crippen LogP contribution in [-0.2, 0) is 6.54 Å². The van der Waals surface area contributed by atoms with E-state index in [1.54, 1.807) is 53.5 Å². The largest absolute Gasteiger partial charge is 0.318 e. The molecule has 0 unspecified atom stereocenters. The molecule has 0 aliphatic heterocycles. The topological polar surface area (TPSA) is 75.6 Å². The minimum Gasteiger partial charge on any atom is -0.318 e. The first-order chi connectivity index (χ1) is 14.4. The van der Waals surface area contributed by atoms with Crippen LogP contribution in [0.25, 0.3) is 11.3 Å². The monoisotopic (exact) mass is 479 g/mol. The van der Waals surface area contributed by atoms with Crippen molar-refractivity contribution < 1.29 is 4.79 Å². The lowest BCUT2D eigenvalue weighted by molar-refractivity contribution is 0.102. The number of benzene rings is 2. The molecule has 1 amide bonds. The molecule has 0 saturated carbocycles. The van der Waals surface area contributed by atoms with Gasteiger partial charge in [0.15, 0.2) is 0 Å². The van der Waals surface area contributed by atoms with E-state index in [0.29, 0.717) is 43.6 Å². The lowest BCUT2D eigenvalue weighted by atomic mass is 10.1. The molecular formula is C20H13Cl4N5O. The minimum absolute atomic E-state index is 0.285. The first kappa shape index (κ1) is 20.8. The molecule has 0 spiro atoms. The second-order valence-electron chi connectivity index (χ2n) is 6.42. The number of halogens is 4. The van der Waals surface area contributed by atoms with Crippen LogP contribution in [0.2, 0.25) is 20.1 Å². The quantitative estimate of drug-likeness (QED) is 0.357. The average Bonchev–Trinajstić information content (AvgIpc) is 3.35. The number of rotatable bonds is 5. The highest BCUT2D eigenvalue weighted by atomic mass is 35.5. The molecule has 152 valence electrons. The van der Waals surface area contributed by atoms with E-state index in [2.05, 4.69) is 20.6 Å². The highest BCUT2D eigenvalue weighted by molar-refractivity contribution is 6.42. The van der Waals surface area contributed by atoms with E-state index in [4.69, 9.17) is 46.4 Å². The van der Waals surface area contributed by atoms with Gasteiger partial charge in [-0.05, 0) is 42.0 Å². The van der Waals surface area contributed by atoms with Crippen LogP contribution in [0, 0.1) is 0 Å². The van der Waals surface area contributed by atoms with Crippen LogP contribution >= 0.6 is 46.4 Å². The molecular weight excluding hydrogens is 468 g/mol. The maximum absolute atomic E-state index is 12.5. The third-order valence-electron chi connectivity index (χ3n) is 4.25. The third-order valence-corrected chi connectivity index (χ3v) is 5.54. The van der Waals surface area contributed by atoms with Crippen LogP contribution in [0.15, 0.2) is 54.9 Å². The standard InChI is InChI=1S/C20H13Cl4N5O/c21-12-2-3-14(16(23)6-12)18-7-19(28-27-18)20(30)26-13-8-25-29(10-13)9-11-1-4-15(22)17(24)5-11/h1-8,10H,9H2,(H,26,30)(H,27,28). The number of nitrogens with one attached hydrogen (secondary N) is 2. The number of carbonyl (C=O) groups excluding carboxylic acids is 1. The number of amides is 1. The lowest BCUT2D eigenvalue weighted by Gasteiger charge is -2.03. The molecule has 0 fully saturated rings. The first-order valence-electron chi connectivity index (χ1n) is 8.67. The third kappa shape index (κ3) is 4.63. The predicted molar refractivity (Wildman–Crippen MR) is 120 cm³/mol. The average molecular weight is 481 g/mol. The zero-order valence-electron chi connectivity index (χ0n) is 15.2. The van der Waals surface area contributed by atoms with E-state index in [0.717, 1.165) is 5.56 Å². The number of hydrogen-bond acceptors (Lipinski definition) is 3. The summed E-state index contributed by atoms with van der Waals surface area (Å²) in [6, 6.07) is 12.1. The summed E-state index contributed by atoms with van der Waals surface area (Å²) >= 11 is 24.1. The Balaban J connectivity index is 1.44. The molecule has 0 aliphatic carbocycles. The molecule has 0 atom stereocenters. The van der Waals surface area contributed by atoms with Gasteiger partial charge in [-0.3, -0.25) is 14.6 Å². The maximum atomic E-state index is 12.5. The van der Waals surface area contributed by atoms with Gasteiger partial charge in [0.25, 0.3) is 5.91 Å². The number of hydrogen-bond donors (Lipinski definition) is 2. The maximum Gasteiger partial charge on any atom is 0.273 e. The van der Waals surface area contributed by atoms with Gasteiger partial charge in [-0.1, -0.05) is 52.5 Å². The van der Waals surface area contributed by atoms with Crippen molar-refractivity contribution in [3.63, 3.8) is 0 Å². The fourth-order valence-electron chi connectivity index (χ4n) is 2.81. The van der Waals surface area contributed by atoms with Crippen molar-refractivity contribution in [1.29, 1.82) is 0 Å². The number of H-pyrrole nitrogens is 1. The van der Waals surface area contributed by atoms with Crippen molar-refractivity contribution in [1.82, 2.24) is 20.0 Å². The molecule has 4 aromatic rings. The zero-order valence-corrected chi connectivity index (χ0v) is 18.2. The van der Waals surface area contributed by atoms with Crippen LogP contribution in [0.3, 0.4) is 0 Å². The molecule has 0 aliphatic rings. The second-order valence-corrected chi connectivity index (χ2v) is 8.08. The summed E-state index contributed by atoms with van der Waals surface area (Å²) in [5.41, 5.74) is 2.97. The van der Waals surface area contributed by atoms with Crippen LogP contribution < -0.4 is 5.32 Å². The van der Waals surface area contributed by atoms with Gasteiger partial charge in [0.1, 0.15) is 5.69 Å².